The average Bonchev–Trinajstić information content (AvgIpc) is 2.88. The second-order valence-corrected chi connectivity index (χ2v) is 12.2. The van der Waals surface area contributed by atoms with Crippen molar-refractivity contribution >= 4 is 50.7 Å². The zero-order valence-electron chi connectivity index (χ0n) is 22.4. The first-order valence-corrected chi connectivity index (χ1v) is 14.8. The van der Waals surface area contributed by atoms with Gasteiger partial charge in [0.25, 0.3) is 10.0 Å². The van der Waals surface area contributed by atoms with Crippen molar-refractivity contribution in [3.8, 4) is 0 Å². The highest BCUT2D eigenvalue weighted by Crippen LogP contribution is 2.27. The molecule has 0 heterocycles. The Balaban J connectivity index is 2.08. The van der Waals surface area contributed by atoms with Crippen LogP contribution in [0.25, 0.3) is 0 Å². The van der Waals surface area contributed by atoms with Gasteiger partial charge in [-0.3, -0.25) is 13.9 Å². The standard InChI is InChI=1S/C29H33Cl2N3O4S/c1-5-27(29(36)32-20(2)3)33(18-22-14-15-23(30)17-26(22)31)28(35)19-34(24-11-9-10-21(4)16-24)39(37,38)25-12-7-6-8-13-25/h6-17,20,27H,5,18-19H2,1-4H3,(H,32,36)/t27-/m0/s1. The molecule has 3 aromatic carbocycles. The number of aryl methyl sites for hydroxylation is 1. The van der Waals surface area contributed by atoms with Crippen molar-refractivity contribution in [2.45, 2.75) is 57.6 Å². The average molecular weight is 591 g/mol. The van der Waals surface area contributed by atoms with Gasteiger partial charge in [0.2, 0.25) is 11.8 Å². The van der Waals surface area contributed by atoms with Crippen molar-refractivity contribution in [3.05, 3.63) is 94.0 Å². The van der Waals surface area contributed by atoms with E-state index in [0.717, 1.165) is 9.87 Å². The number of amides is 2. The van der Waals surface area contributed by atoms with E-state index < -0.39 is 28.5 Å². The Labute approximate surface area is 240 Å². The first-order valence-electron chi connectivity index (χ1n) is 12.6. The second-order valence-electron chi connectivity index (χ2n) is 9.51. The number of carbonyl (C=O) groups is 2. The fourth-order valence-electron chi connectivity index (χ4n) is 4.17. The third-order valence-electron chi connectivity index (χ3n) is 6.07. The van der Waals surface area contributed by atoms with E-state index in [4.69, 9.17) is 23.2 Å². The van der Waals surface area contributed by atoms with Crippen LogP contribution in [-0.4, -0.2) is 43.8 Å². The number of rotatable bonds is 11. The molecule has 0 unspecified atom stereocenters. The predicted molar refractivity (Wildman–Crippen MR) is 157 cm³/mol. The van der Waals surface area contributed by atoms with Crippen molar-refractivity contribution in [2.24, 2.45) is 0 Å². The van der Waals surface area contributed by atoms with Gasteiger partial charge in [0, 0.05) is 22.6 Å². The molecule has 1 N–H and O–H groups in total. The number of hydrogen-bond donors (Lipinski definition) is 1. The van der Waals surface area contributed by atoms with Crippen molar-refractivity contribution in [3.63, 3.8) is 0 Å². The molecule has 208 valence electrons. The summed E-state index contributed by atoms with van der Waals surface area (Å²) in [5, 5.41) is 3.64. The van der Waals surface area contributed by atoms with Gasteiger partial charge in [0.1, 0.15) is 12.6 Å². The molecule has 0 aliphatic heterocycles. The fraction of sp³-hybridized carbons (Fsp3) is 0.310. The molecule has 0 bridgehead atoms. The molecule has 39 heavy (non-hydrogen) atoms. The van der Waals surface area contributed by atoms with Gasteiger partial charge in [0.05, 0.1) is 10.6 Å². The van der Waals surface area contributed by atoms with Gasteiger partial charge in [-0.05, 0) is 74.7 Å². The number of nitrogens with zero attached hydrogens (tertiary/aromatic N) is 2. The fourth-order valence-corrected chi connectivity index (χ4v) is 6.06. The first-order chi connectivity index (χ1) is 18.4. The minimum absolute atomic E-state index is 0.00804. The third-order valence-corrected chi connectivity index (χ3v) is 8.45. The van der Waals surface area contributed by atoms with E-state index in [9.17, 15) is 18.0 Å². The maximum atomic E-state index is 14.0. The van der Waals surface area contributed by atoms with E-state index >= 15 is 0 Å². The summed E-state index contributed by atoms with van der Waals surface area (Å²) in [6.07, 6.45) is 0.311. The number of carbonyl (C=O) groups excluding carboxylic acids is 2. The third kappa shape index (κ3) is 7.75. The number of sulfonamides is 1. The molecule has 2 amide bonds. The minimum Gasteiger partial charge on any atom is -0.352 e. The summed E-state index contributed by atoms with van der Waals surface area (Å²) in [5.74, 6) is -0.883. The molecule has 3 rings (SSSR count). The maximum absolute atomic E-state index is 14.0. The van der Waals surface area contributed by atoms with E-state index in [1.807, 2.05) is 26.8 Å². The smallest absolute Gasteiger partial charge is 0.264 e. The largest absolute Gasteiger partial charge is 0.352 e. The highest BCUT2D eigenvalue weighted by molar-refractivity contribution is 7.92. The number of anilines is 1. The maximum Gasteiger partial charge on any atom is 0.264 e. The van der Waals surface area contributed by atoms with Gasteiger partial charge in [0.15, 0.2) is 0 Å². The van der Waals surface area contributed by atoms with Crippen LogP contribution in [0.3, 0.4) is 0 Å². The molecule has 0 radical (unpaired) electrons. The van der Waals surface area contributed by atoms with E-state index in [-0.39, 0.29) is 23.4 Å². The molecular weight excluding hydrogens is 557 g/mol. The SMILES string of the molecule is CC[C@@H](C(=O)NC(C)C)N(Cc1ccc(Cl)cc1Cl)C(=O)CN(c1cccc(C)c1)S(=O)(=O)c1ccccc1. The summed E-state index contributed by atoms with van der Waals surface area (Å²) >= 11 is 12.5. The van der Waals surface area contributed by atoms with Crippen molar-refractivity contribution in [1.29, 1.82) is 0 Å². The molecule has 10 heteroatoms. The molecule has 7 nitrogen and oxygen atoms in total. The summed E-state index contributed by atoms with van der Waals surface area (Å²) in [7, 11) is -4.12. The summed E-state index contributed by atoms with van der Waals surface area (Å²) < 4.78 is 28.7. The minimum atomic E-state index is -4.12. The first kappa shape index (κ1) is 30.5. The predicted octanol–water partition coefficient (Wildman–Crippen LogP) is 5.83. The quantitative estimate of drug-likeness (QED) is 0.305. The molecular formula is C29H33Cl2N3O4S. The molecule has 0 aliphatic rings. The number of nitrogens with one attached hydrogen (secondary N) is 1. The monoisotopic (exact) mass is 589 g/mol. The van der Waals surface area contributed by atoms with Gasteiger partial charge in [-0.25, -0.2) is 8.42 Å². The number of hydrogen-bond acceptors (Lipinski definition) is 4. The van der Waals surface area contributed by atoms with E-state index in [1.54, 1.807) is 61.5 Å². The Hall–Kier alpha value is -3.07. The Bertz CT molecular complexity index is 1420. The van der Waals surface area contributed by atoms with Gasteiger partial charge in [-0.1, -0.05) is 66.5 Å². The molecule has 0 aromatic heterocycles. The number of halogens is 2. The lowest BCUT2D eigenvalue weighted by molar-refractivity contribution is -0.140. The van der Waals surface area contributed by atoms with Crippen molar-refractivity contribution < 1.29 is 18.0 Å². The Morgan fingerprint density at radius 1 is 0.949 bits per heavy atom. The Morgan fingerprint density at radius 3 is 2.23 bits per heavy atom. The highest BCUT2D eigenvalue weighted by Gasteiger charge is 2.34. The summed E-state index contributed by atoms with van der Waals surface area (Å²) in [5.41, 5.74) is 1.76. The molecule has 0 spiro atoms. The van der Waals surface area contributed by atoms with Gasteiger partial charge >= 0.3 is 0 Å². The van der Waals surface area contributed by atoms with Crippen molar-refractivity contribution in [1.82, 2.24) is 10.2 Å². The lowest BCUT2D eigenvalue weighted by atomic mass is 10.1. The van der Waals surface area contributed by atoms with Crippen LogP contribution >= 0.6 is 23.2 Å². The summed E-state index contributed by atoms with van der Waals surface area (Å²) in [4.78, 5) is 28.7. The molecule has 1 atom stereocenters. The van der Waals surface area contributed by atoms with Crippen LogP contribution in [0, 0.1) is 6.92 Å². The molecule has 3 aromatic rings. The van der Waals surface area contributed by atoms with Crippen LogP contribution in [0.5, 0.6) is 0 Å². The molecule has 0 fully saturated rings. The lowest BCUT2D eigenvalue weighted by Crippen LogP contribution is -2.53. The van der Waals surface area contributed by atoms with E-state index in [0.29, 0.717) is 27.7 Å². The van der Waals surface area contributed by atoms with Crippen LogP contribution in [0.1, 0.15) is 38.3 Å². The Morgan fingerprint density at radius 2 is 1.64 bits per heavy atom. The zero-order chi connectivity index (χ0) is 28.7. The Kier molecular flexibility index (Phi) is 10.4. The van der Waals surface area contributed by atoms with Crippen LogP contribution in [-0.2, 0) is 26.2 Å². The van der Waals surface area contributed by atoms with E-state index in [1.165, 1.54) is 17.0 Å². The van der Waals surface area contributed by atoms with Crippen LogP contribution in [0.2, 0.25) is 10.0 Å². The van der Waals surface area contributed by atoms with Crippen LogP contribution in [0.4, 0.5) is 5.69 Å². The molecule has 0 saturated heterocycles. The van der Waals surface area contributed by atoms with Crippen LogP contribution < -0.4 is 9.62 Å². The normalized spacial score (nSPS) is 12.2. The molecule has 0 aliphatic carbocycles. The van der Waals surface area contributed by atoms with E-state index in [2.05, 4.69) is 5.32 Å². The molecule has 0 saturated carbocycles. The van der Waals surface area contributed by atoms with Gasteiger partial charge in [-0.15, -0.1) is 0 Å². The summed E-state index contributed by atoms with van der Waals surface area (Å²) in [6.45, 7) is 6.78. The number of benzene rings is 3. The van der Waals surface area contributed by atoms with Gasteiger partial charge < -0.3 is 10.2 Å². The lowest BCUT2D eigenvalue weighted by Gasteiger charge is -2.33. The zero-order valence-corrected chi connectivity index (χ0v) is 24.7. The summed E-state index contributed by atoms with van der Waals surface area (Å²) in [6, 6.07) is 18.8. The topological polar surface area (TPSA) is 86.8 Å². The second kappa shape index (κ2) is 13.3. The van der Waals surface area contributed by atoms with Gasteiger partial charge in [-0.2, -0.15) is 0 Å². The van der Waals surface area contributed by atoms with Crippen LogP contribution in [0.15, 0.2) is 77.7 Å². The highest BCUT2D eigenvalue weighted by atomic mass is 35.5. The van der Waals surface area contributed by atoms with Crippen molar-refractivity contribution in [2.75, 3.05) is 10.8 Å².